The topological polar surface area (TPSA) is 127 Å². The number of sulfonamides is 1. The van der Waals surface area contributed by atoms with Crippen LogP contribution >= 0.6 is 0 Å². The quantitative estimate of drug-likeness (QED) is 0.671. The molecule has 0 aliphatic heterocycles. The van der Waals surface area contributed by atoms with Gasteiger partial charge in [-0.05, 0) is 26.7 Å². The Hall–Kier alpha value is -1.45. The van der Waals surface area contributed by atoms with Crippen LogP contribution in [0.5, 0.6) is 0 Å². The van der Waals surface area contributed by atoms with Crippen molar-refractivity contribution in [1.82, 2.24) is 15.2 Å². The Balaban J connectivity index is 2.30. The average Bonchev–Trinajstić information content (AvgIpc) is 3.03. The Labute approximate surface area is 129 Å². The summed E-state index contributed by atoms with van der Waals surface area (Å²) in [5.74, 6) is -0.119. The third-order valence-corrected chi connectivity index (χ3v) is 5.67. The number of aromatic nitrogens is 1. The molecule has 0 bridgehead atoms. The van der Waals surface area contributed by atoms with Crippen LogP contribution in [0.4, 0.5) is 0 Å². The summed E-state index contributed by atoms with van der Waals surface area (Å²) in [5, 5.41) is 6.35. The van der Waals surface area contributed by atoms with Gasteiger partial charge in [0, 0.05) is 13.1 Å². The highest BCUT2D eigenvalue weighted by Crippen LogP contribution is 2.32. The lowest BCUT2D eigenvalue weighted by atomic mass is 9.98. The second-order valence-electron chi connectivity index (χ2n) is 5.59. The van der Waals surface area contributed by atoms with Crippen LogP contribution in [0.15, 0.2) is 9.42 Å². The van der Waals surface area contributed by atoms with Crippen LogP contribution in [-0.2, 0) is 14.8 Å². The number of nitrogens with one attached hydrogen (secondary N) is 2. The van der Waals surface area contributed by atoms with Crippen LogP contribution in [-0.4, -0.2) is 38.1 Å². The first-order valence-electron chi connectivity index (χ1n) is 7.27. The molecule has 124 valence electrons. The molecule has 0 spiro atoms. The molecular formula is C13H22N4O4S. The van der Waals surface area contributed by atoms with E-state index >= 15 is 0 Å². The second kappa shape index (κ2) is 6.35. The highest BCUT2D eigenvalue weighted by atomic mass is 32.2. The van der Waals surface area contributed by atoms with Crippen molar-refractivity contribution in [1.29, 1.82) is 0 Å². The van der Waals surface area contributed by atoms with E-state index < -0.39 is 15.6 Å². The molecule has 9 heteroatoms. The van der Waals surface area contributed by atoms with Crippen LogP contribution in [0.2, 0.25) is 0 Å². The van der Waals surface area contributed by atoms with E-state index in [1.54, 1.807) is 6.92 Å². The third-order valence-electron chi connectivity index (χ3n) is 3.89. The van der Waals surface area contributed by atoms with E-state index in [0.717, 1.165) is 12.8 Å². The van der Waals surface area contributed by atoms with Crippen molar-refractivity contribution in [2.24, 2.45) is 5.73 Å². The Morgan fingerprint density at radius 1 is 1.36 bits per heavy atom. The molecule has 1 fully saturated rings. The van der Waals surface area contributed by atoms with E-state index in [-0.39, 0.29) is 22.3 Å². The van der Waals surface area contributed by atoms with Crippen molar-refractivity contribution in [3.05, 3.63) is 11.5 Å². The fourth-order valence-corrected chi connectivity index (χ4v) is 4.63. The molecule has 8 nitrogen and oxygen atoms in total. The summed E-state index contributed by atoms with van der Waals surface area (Å²) in [5.41, 5.74) is 4.55. The fourth-order valence-electron chi connectivity index (χ4n) is 2.88. The molecule has 4 N–H and O–H groups in total. The zero-order valence-corrected chi connectivity index (χ0v) is 13.6. The first kappa shape index (κ1) is 16.9. The zero-order valence-electron chi connectivity index (χ0n) is 12.8. The summed E-state index contributed by atoms with van der Waals surface area (Å²) < 4.78 is 32.8. The Kier molecular flexibility index (Phi) is 4.88. The number of aryl methyl sites for hydroxylation is 2. The van der Waals surface area contributed by atoms with Gasteiger partial charge in [0.15, 0.2) is 5.76 Å². The van der Waals surface area contributed by atoms with Crippen molar-refractivity contribution in [2.45, 2.75) is 50.0 Å². The van der Waals surface area contributed by atoms with E-state index in [4.69, 9.17) is 10.3 Å². The normalized spacial score (nSPS) is 17.6. The minimum absolute atomic E-state index is 0.00500. The number of rotatable bonds is 6. The van der Waals surface area contributed by atoms with Gasteiger partial charge in [0.1, 0.15) is 16.1 Å². The monoisotopic (exact) mass is 330 g/mol. The predicted molar refractivity (Wildman–Crippen MR) is 79.6 cm³/mol. The summed E-state index contributed by atoms with van der Waals surface area (Å²) in [6, 6.07) is 0. The summed E-state index contributed by atoms with van der Waals surface area (Å²) in [7, 11) is -3.89. The van der Waals surface area contributed by atoms with Crippen LogP contribution < -0.4 is 15.8 Å². The standard InChI is InChI=1S/C13H22N4O4S/c1-9-11(10(2)21-16-9)22(19,20)17-13(5-3-4-6-13)12(18)15-8-7-14/h17H,3-8,14H2,1-2H3,(H,15,18). The largest absolute Gasteiger partial charge is 0.360 e. The molecule has 0 radical (unpaired) electrons. The van der Waals surface area contributed by atoms with Gasteiger partial charge in [0.05, 0.1) is 0 Å². The number of hydrogen-bond donors (Lipinski definition) is 3. The summed E-state index contributed by atoms with van der Waals surface area (Å²) in [6.45, 7) is 3.71. The number of amides is 1. The van der Waals surface area contributed by atoms with Gasteiger partial charge in [-0.25, -0.2) is 8.42 Å². The summed E-state index contributed by atoms with van der Waals surface area (Å²) in [6.07, 6.45) is 2.51. The molecule has 1 aromatic heterocycles. The molecule has 0 unspecified atom stereocenters. The van der Waals surface area contributed by atoms with Crippen molar-refractivity contribution < 1.29 is 17.7 Å². The SMILES string of the molecule is Cc1noc(C)c1S(=O)(=O)NC1(C(=O)NCCN)CCCC1. The average molecular weight is 330 g/mol. The maximum absolute atomic E-state index is 12.7. The molecule has 22 heavy (non-hydrogen) atoms. The number of carbonyl (C=O) groups is 1. The lowest BCUT2D eigenvalue weighted by Gasteiger charge is -2.28. The molecule has 2 rings (SSSR count). The van der Waals surface area contributed by atoms with Crippen molar-refractivity contribution in [2.75, 3.05) is 13.1 Å². The first-order chi connectivity index (χ1) is 10.3. The third kappa shape index (κ3) is 3.16. The minimum Gasteiger partial charge on any atom is -0.360 e. The number of nitrogens with zero attached hydrogens (tertiary/aromatic N) is 1. The van der Waals surface area contributed by atoms with E-state index in [1.165, 1.54) is 6.92 Å². The first-order valence-corrected chi connectivity index (χ1v) is 8.76. The van der Waals surface area contributed by atoms with E-state index in [1.807, 2.05) is 0 Å². The lowest BCUT2D eigenvalue weighted by Crippen LogP contribution is -2.57. The van der Waals surface area contributed by atoms with Gasteiger partial charge in [-0.1, -0.05) is 18.0 Å². The van der Waals surface area contributed by atoms with Crippen LogP contribution in [0.1, 0.15) is 37.1 Å². The van der Waals surface area contributed by atoms with Crippen LogP contribution in [0.3, 0.4) is 0 Å². The maximum atomic E-state index is 12.7. The van der Waals surface area contributed by atoms with Gasteiger partial charge in [-0.3, -0.25) is 4.79 Å². The smallest absolute Gasteiger partial charge is 0.246 e. The van der Waals surface area contributed by atoms with E-state index in [9.17, 15) is 13.2 Å². The van der Waals surface area contributed by atoms with Gasteiger partial charge in [0.2, 0.25) is 15.9 Å². The Bertz CT molecular complexity index is 627. The highest BCUT2D eigenvalue weighted by molar-refractivity contribution is 7.89. The molecule has 1 heterocycles. The fraction of sp³-hybridized carbons (Fsp3) is 0.692. The molecule has 1 aliphatic carbocycles. The molecular weight excluding hydrogens is 308 g/mol. The van der Waals surface area contributed by atoms with Crippen molar-refractivity contribution in [3.8, 4) is 0 Å². The van der Waals surface area contributed by atoms with E-state index in [2.05, 4.69) is 15.2 Å². The number of hydrogen-bond acceptors (Lipinski definition) is 6. The molecule has 0 aromatic carbocycles. The minimum atomic E-state index is -3.89. The van der Waals surface area contributed by atoms with E-state index in [0.29, 0.717) is 25.9 Å². The second-order valence-corrected chi connectivity index (χ2v) is 7.21. The molecule has 1 aliphatic rings. The van der Waals surface area contributed by atoms with Crippen molar-refractivity contribution in [3.63, 3.8) is 0 Å². The van der Waals surface area contributed by atoms with Gasteiger partial charge < -0.3 is 15.6 Å². The maximum Gasteiger partial charge on any atom is 0.246 e. The molecule has 0 saturated heterocycles. The molecule has 1 aromatic rings. The Morgan fingerprint density at radius 3 is 2.50 bits per heavy atom. The lowest BCUT2D eigenvalue weighted by molar-refractivity contribution is -0.126. The predicted octanol–water partition coefficient (Wildman–Crippen LogP) is -0.0426. The summed E-state index contributed by atoms with van der Waals surface area (Å²) in [4.78, 5) is 12.4. The number of nitrogens with two attached hydrogens (primary N) is 1. The van der Waals surface area contributed by atoms with Crippen LogP contribution in [0.25, 0.3) is 0 Å². The van der Waals surface area contributed by atoms with Crippen LogP contribution in [0, 0.1) is 13.8 Å². The Morgan fingerprint density at radius 2 is 2.00 bits per heavy atom. The molecule has 1 saturated carbocycles. The van der Waals surface area contributed by atoms with Gasteiger partial charge in [-0.15, -0.1) is 0 Å². The zero-order chi connectivity index (χ0) is 16.4. The summed E-state index contributed by atoms with van der Waals surface area (Å²) >= 11 is 0. The van der Waals surface area contributed by atoms with Crippen molar-refractivity contribution >= 4 is 15.9 Å². The van der Waals surface area contributed by atoms with Gasteiger partial charge >= 0.3 is 0 Å². The van der Waals surface area contributed by atoms with Gasteiger partial charge in [-0.2, -0.15) is 4.72 Å². The highest BCUT2D eigenvalue weighted by Gasteiger charge is 2.45. The molecule has 1 amide bonds. The van der Waals surface area contributed by atoms with Gasteiger partial charge in [0.25, 0.3) is 0 Å². The number of carbonyl (C=O) groups excluding carboxylic acids is 1. The molecule has 0 atom stereocenters.